The minimum atomic E-state index is -1.20. The van der Waals surface area contributed by atoms with Crippen molar-refractivity contribution in [1.82, 2.24) is 30.1 Å². The molecule has 1 spiro atoms. The van der Waals surface area contributed by atoms with E-state index in [1.807, 2.05) is 24.3 Å². The molecule has 13 heteroatoms. The van der Waals surface area contributed by atoms with Gasteiger partial charge in [0.05, 0.1) is 30.0 Å². The van der Waals surface area contributed by atoms with Crippen LogP contribution in [0.2, 0.25) is 0 Å². The molecule has 2 N–H and O–H groups in total. The van der Waals surface area contributed by atoms with Gasteiger partial charge in [-0.2, -0.15) is 0 Å². The molecule has 0 unspecified atom stereocenters. The third-order valence-corrected chi connectivity index (χ3v) is 8.98. The van der Waals surface area contributed by atoms with Crippen molar-refractivity contribution in [2.45, 2.75) is 76.0 Å². The molecule has 242 valence electrons. The standard InChI is InChI=1S/C32H42N6O7/c1-4-6-13-25(40)33-19-21(3)44-31(43)26-24-14-15-32(45-24)27(26)29(41)37(17-9-10-18-39)28(32)30(42)36(16-5-2)20-38-23-12-8-7-11-22(23)34-35-38/h4-5,7-8,11-12,21,24,26-28,39H,1-2,6,9-10,13-20H2,3H3,(H,33,40)/t21-,24-,26+,27+,28-,32+/m1/s1. The monoisotopic (exact) mass is 622 g/mol. The Hall–Kier alpha value is -4.10. The SMILES string of the molecule is C=CCCC(=O)NC[C@@H](C)OC(=O)[C@@H]1[C@H]2C(=O)N(CCCCO)[C@H](C(=O)N(CC=C)Cn3nnc4ccccc43)[C@]23CC[C@H]1O3. The number of para-hydroxylation sites is 1. The first-order chi connectivity index (χ1) is 21.7. The topological polar surface area (TPSA) is 156 Å². The Kier molecular flexibility index (Phi) is 9.98. The first-order valence-corrected chi connectivity index (χ1v) is 15.6. The maximum absolute atomic E-state index is 14.5. The van der Waals surface area contributed by atoms with Crippen LogP contribution in [0.4, 0.5) is 0 Å². The molecule has 1 aromatic heterocycles. The Morgan fingerprint density at radius 1 is 1.27 bits per heavy atom. The lowest BCUT2D eigenvalue weighted by molar-refractivity contribution is -0.159. The maximum Gasteiger partial charge on any atom is 0.312 e. The first-order valence-electron chi connectivity index (χ1n) is 15.6. The second-order valence-corrected chi connectivity index (χ2v) is 12.0. The van der Waals surface area contributed by atoms with Crippen molar-refractivity contribution < 1.29 is 33.8 Å². The van der Waals surface area contributed by atoms with Gasteiger partial charge in [0.15, 0.2) is 0 Å². The van der Waals surface area contributed by atoms with Gasteiger partial charge >= 0.3 is 5.97 Å². The summed E-state index contributed by atoms with van der Waals surface area (Å²) in [6.07, 6.45) is 4.78. The van der Waals surface area contributed by atoms with Crippen molar-refractivity contribution in [2.75, 3.05) is 26.2 Å². The van der Waals surface area contributed by atoms with Gasteiger partial charge in [-0.1, -0.05) is 29.5 Å². The first kappa shape index (κ1) is 32.3. The highest BCUT2D eigenvalue weighted by Gasteiger charge is 2.75. The minimum absolute atomic E-state index is 0.0489. The Morgan fingerprint density at radius 2 is 2.07 bits per heavy atom. The second kappa shape index (κ2) is 13.9. The average Bonchev–Trinajstić information content (AvgIpc) is 3.78. The molecule has 1 aromatic carbocycles. The van der Waals surface area contributed by atoms with E-state index in [2.05, 4.69) is 28.8 Å². The average molecular weight is 623 g/mol. The molecule has 3 amide bonds. The van der Waals surface area contributed by atoms with Gasteiger partial charge < -0.3 is 29.7 Å². The summed E-state index contributed by atoms with van der Waals surface area (Å²) in [6, 6.07) is 6.45. The summed E-state index contributed by atoms with van der Waals surface area (Å²) in [7, 11) is 0. The van der Waals surface area contributed by atoms with E-state index < -0.39 is 41.7 Å². The lowest BCUT2D eigenvalue weighted by atomic mass is 9.70. The largest absolute Gasteiger partial charge is 0.460 e. The molecule has 3 aliphatic rings. The zero-order valence-corrected chi connectivity index (χ0v) is 25.7. The normalized spacial score (nSPS) is 25.6. The molecule has 4 heterocycles. The molecule has 13 nitrogen and oxygen atoms in total. The van der Waals surface area contributed by atoms with Crippen LogP contribution in [-0.4, -0.2) is 104 Å². The zero-order valence-electron chi connectivity index (χ0n) is 25.7. The lowest BCUT2D eigenvalue weighted by Gasteiger charge is -2.36. The summed E-state index contributed by atoms with van der Waals surface area (Å²) in [5, 5.41) is 20.6. The van der Waals surface area contributed by atoms with Crippen LogP contribution >= 0.6 is 0 Å². The molecule has 3 aliphatic heterocycles. The van der Waals surface area contributed by atoms with Crippen LogP contribution in [0.5, 0.6) is 0 Å². The highest BCUT2D eigenvalue weighted by molar-refractivity contribution is 5.98. The number of aromatic nitrogens is 3. The fourth-order valence-corrected chi connectivity index (χ4v) is 6.96. The number of amides is 3. The predicted molar refractivity (Wildman–Crippen MR) is 163 cm³/mol. The summed E-state index contributed by atoms with van der Waals surface area (Å²) >= 11 is 0. The number of carbonyl (C=O) groups is 4. The third-order valence-electron chi connectivity index (χ3n) is 8.98. The van der Waals surface area contributed by atoms with E-state index in [9.17, 15) is 24.3 Å². The Morgan fingerprint density at radius 3 is 2.82 bits per heavy atom. The number of nitrogens with zero attached hydrogens (tertiary/aromatic N) is 5. The number of carbonyl (C=O) groups excluding carboxylic acids is 4. The van der Waals surface area contributed by atoms with Crippen LogP contribution in [0.15, 0.2) is 49.6 Å². The number of nitrogens with one attached hydrogen (secondary N) is 1. The van der Waals surface area contributed by atoms with Gasteiger partial charge in [-0.25, -0.2) is 4.68 Å². The van der Waals surface area contributed by atoms with Gasteiger partial charge in [-0.3, -0.25) is 19.2 Å². The van der Waals surface area contributed by atoms with Crippen LogP contribution in [0.25, 0.3) is 11.0 Å². The number of benzene rings is 1. The summed E-state index contributed by atoms with van der Waals surface area (Å²) < 4.78 is 13.9. The van der Waals surface area contributed by atoms with E-state index in [0.717, 1.165) is 5.52 Å². The number of unbranched alkanes of at least 4 members (excludes halogenated alkanes) is 1. The number of aliphatic hydroxyl groups is 1. The van der Waals surface area contributed by atoms with Crippen molar-refractivity contribution in [3.05, 3.63) is 49.6 Å². The Balaban J connectivity index is 1.38. The number of likely N-dealkylation sites (tertiary alicyclic amines) is 1. The summed E-state index contributed by atoms with van der Waals surface area (Å²) in [6.45, 7) is 9.71. The molecule has 2 aromatic rings. The molecule has 3 fully saturated rings. The van der Waals surface area contributed by atoms with E-state index in [1.54, 1.807) is 28.7 Å². The van der Waals surface area contributed by atoms with Gasteiger partial charge in [0.1, 0.15) is 29.9 Å². The summed E-state index contributed by atoms with van der Waals surface area (Å²) in [4.78, 5) is 57.4. The number of rotatable bonds is 16. The van der Waals surface area contributed by atoms with Crippen LogP contribution in [0.3, 0.4) is 0 Å². The van der Waals surface area contributed by atoms with E-state index >= 15 is 0 Å². The lowest BCUT2D eigenvalue weighted by Crippen LogP contribution is -2.56. The Labute approximate surface area is 262 Å². The van der Waals surface area contributed by atoms with E-state index in [1.165, 1.54) is 4.90 Å². The van der Waals surface area contributed by atoms with E-state index in [-0.39, 0.29) is 50.6 Å². The molecule has 0 aliphatic carbocycles. The summed E-state index contributed by atoms with van der Waals surface area (Å²) in [5.74, 6) is -3.18. The number of allylic oxidation sites excluding steroid dienone is 1. The van der Waals surface area contributed by atoms with Crippen molar-refractivity contribution >= 4 is 34.7 Å². The number of hydrogen-bond donors (Lipinski definition) is 2. The fourth-order valence-electron chi connectivity index (χ4n) is 6.96. The zero-order chi connectivity index (χ0) is 32.1. The number of aliphatic hydroxyl groups excluding tert-OH is 1. The van der Waals surface area contributed by atoms with Crippen LogP contribution in [0, 0.1) is 11.8 Å². The smallest absolute Gasteiger partial charge is 0.312 e. The van der Waals surface area contributed by atoms with E-state index in [4.69, 9.17) is 9.47 Å². The molecule has 3 saturated heterocycles. The number of hydrogen-bond acceptors (Lipinski definition) is 9. The van der Waals surface area contributed by atoms with Gasteiger partial charge in [0.25, 0.3) is 0 Å². The maximum atomic E-state index is 14.5. The van der Waals surface area contributed by atoms with Crippen LogP contribution in [0.1, 0.15) is 45.4 Å². The van der Waals surface area contributed by atoms with Crippen molar-refractivity contribution in [1.29, 1.82) is 0 Å². The fraction of sp³-hybridized carbons (Fsp3) is 0.562. The van der Waals surface area contributed by atoms with Gasteiger partial charge in [-0.15, -0.1) is 18.3 Å². The number of esters is 1. The third kappa shape index (κ3) is 6.23. The number of ether oxygens (including phenoxy) is 2. The Bertz CT molecular complexity index is 1440. The molecule has 2 bridgehead atoms. The van der Waals surface area contributed by atoms with E-state index in [0.29, 0.717) is 44.0 Å². The quantitative estimate of drug-likeness (QED) is 0.161. The highest BCUT2D eigenvalue weighted by Crippen LogP contribution is 2.59. The minimum Gasteiger partial charge on any atom is -0.460 e. The second-order valence-electron chi connectivity index (χ2n) is 12.0. The van der Waals surface area contributed by atoms with Crippen LogP contribution in [-0.2, 0) is 35.3 Å². The van der Waals surface area contributed by atoms with Crippen molar-refractivity contribution in [2.24, 2.45) is 11.8 Å². The molecule has 45 heavy (non-hydrogen) atoms. The predicted octanol–water partition coefficient (Wildman–Crippen LogP) is 1.56. The highest BCUT2D eigenvalue weighted by atomic mass is 16.6. The summed E-state index contributed by atoms with van der Waals surface area (Å²) in [5.41, 5.74) is 0.242. The van der Waals surface area contributed by atoms with Crippen LogP contribution < -0.4 is 5.32 Å². The van der Waals surface area contributed by atoms with Gasteiger partial charge in [0.2, 0.25) is 17.7 Å². The van der Waals surface area contributed by atoms with Crippen molar-refractivity contribution in [3.8, 4) is 0 Å². The molecular formula is C32H42N6O7. The molecule has 5 rings (SSSR count). The molecule has 0 saturated carbocycles. The van der Waals surface area contributed by atoms with Gasteiger partial charge in [0, 0.05) is 26.1 Å². The van der Waals surface area contributed by atoms with Crippen molar-refractivity contribution in [3.63, 3.8) is 0 Å². The molecular weight excluding hydrogens is 580 g/mol. The number of fused-ring (bicyclic) bond motifs is 2. The van der Waals surface area contributed by atoms with Gasteiger partial charge in [-0.05, 0) is 51.2 Å². The molecule has 6 atom stereocenters. The molecule has 0 radical (unpaired) electrons.